The molecule has 0 nitrogen and oxygen atoms in total. The molecular weight excluding hydrogens is 196 g/mol. The minimum Gasteiger partial charge on any atom is -0.145 e. The SMILES string of the molecule is CC.Cc1ccc(C2CC=CS2)s1. The quantitative estimate of drug-likeness (QED) is 0.646. The van der Waals surface area contributed by atoms with Crippen LogP contribution in [0.25, 0.3) is 0 Å². The molecule has 2 heterocycles. The second kappa shape index (κ2) is 5.51. The maximum atomic E-state index is 2.25. The van der Waals surface area contributed by atoms with E-state index in [1.54, 1.807) is 0 Å². The van der Waals surface area contributed by atoms with Crippen LogP contribution in [0.1, 0.15) is 35.3 Å². The summed E-state index contributed by atoms with van der Waals surface area (Å²) < 4.78 is 0. The van der Waals surface area contributed by atoms with Crippen LogP contribution in [0.4, 0.5) is 0 Å². The predicted octanol–water partition coefficient (Wildman–Crippen LogP) is 4.77. The van der Waals surface area contributed by atoms with Crippen LogP contribution in [0.3, 0.4) is 0 Å². The summed E-state index contributed by atoms with van der Waals surface area (Å²) in [5.41, 5.74) is 0. The van der Waals surface area contributed by atoms with Gasteiger partial charge in [-0.05, 0) is 30.9 Å². The molecule has 0 saturated heterocycles. The third-order valence-corrected chi connectivity index (χ3v) is 4.16. The summed E-state index contributed by atoms with van der Waals surface area (Å²) in [6.07, 6.45) is 3.47. The molecule has 0 aliphatic carbocycles. The van der Waals surface area contributed by atoms with Crippen molar-refractivity contribution in [2.24, 2.45) is 0 Å². The molecule has 1 aromatic heterocycles. The standard InChI is InChI=1S/C9H10S2.C2H6/c1-7-4-5-9(11-7)8-3-2-6-10-8;1-2/h2,4-6,8H,3H2,1H3;1-2H3. The van der Waals surface area contributed by atoms with Gasteiger partial charge in [-0.25, -0.2) is 0 Å². The number of hydrogen-bond donors (Lipinski definition) is 0. The topological polar surface area (TPSA) is 0 Å². The van der Waals surface area contributed by atoms with Crippen LogP contribution in [0.2, 0.25) is 0 Å². The molecule has 0 bridgehead atoms. The van der Waals surface area contributed by atoms with Crippen molar-refractivity contribution in [3.63, 3.8) is 0 Å². The zero-order valence-electron chi connectivity index (χ0n) is 8.41. The van der Waals surface area contributed by atoms with E-state index in [1.165, 1.54) is 16.2 Å². The Balaban J connectivity index is 0.000000396. The summed E-state index contributed by atoms with van der Waals surface area (Å²) in [6, 6.07) is 4.46. The molecule has 0 saturated carbocycles. The third-order valence-electron chi connectivity index (χ3n) is 1.77. The third kappa shape index (κ3) is 2.89. The van der Waals surface area contributed by atoms with Crippen LogP contribution in [-0.4, -0.2) is 0 Å². The molecule has 2 heteroatoms. The minimum absolute atomic E-state index is 0.716. The highest BCUT2D eigenvalue weighted by molar-refractivity contribution is 8.02. The maximum Gasteiger partial charge on any atom is 0.0467 e. The van der Waals surface area contributed by atoms with Gasteiger partial charge in [0.05, 0.1) is 0 Å². The Morgan fingerprint density at radius 3 is 2.54 bits per heavy atom. The first-order chi connectivity index (χ1) is 6.36. The van der Waals surface area contributed by atoms with Crippen molar-refractivity contribution in [3.8, 4) is 0 Å². The summed E-state index contributed by atoms with van der Waals surface area (Å²) in [4.78, 5) is 2.95. The Hall–Kier alpha value is -0.210. The molecule has 0 amide bonds. The molecular formula is C11H16S2. The van der Waals surface area contributed by atoms with E-state index >= 15 is 0 Å². The highest BCUT2D eigenvalue weighted by atomic mass is 32.2. The fourth-order valence-electron chi connectivity index (χ4n) is 1.19. The van der Waals surface area contributed by atoms with Crippen molar-refractivity contribution in [1.82, 2.24) is 0 Å². The first-order valence-corrected chi connectivity index (χ1v) is 6.49. The summed E-state index contributed by atoms with van der Waals surface area (Å²) in [5.74, 6) is 0. The Kier molecular flexibility index (Phi) is 4.60. The average molecular weight is 212 g/mol. The summed E-state index contributed by atoms with van der Waals surface area (Å²) in [6.45, 7) is 6.17. The van der Waals surface area contributed by atoms with Crippen LogP contribution in [0.15, 0.2) is 23.6 Å². The second-order valence-electron chi connectivity index (χ2n) is 2.68. The molecule has 0 aromatic carbocycles. The van der Waals surface area contributed by atoms with Crippen LogP contribution in [0, 0.1) is 6.92 Å². The lowest BCUT2D eigenvalue weighted by atomic mass is 10.2. The van der Waals surface area contributed by atoms with Crippen molar-refractivity contribution in [1.29, 1.82) is 0 Å². The first-order valence-electron chi connectivity index (χ1n) is 4.73. The van der Waals surface area contributed by atoms with E-state index in [0.717, 1.165) is 0 Å². The zero-order valence-corrected chi connectivity index (χ0v) is 10.0. The molecule has 0 spiro atoms. The van der Waals surface area contributed by atoms with Gasteiger partial charge >= 0.3 is 0 Å². The van der Waals surface area contributed by atoms with Crippen molar-refractivity contribution >= 4 is 23.1 Å². The van der Waals surface area contributed by atoms with Gasteiger partial charge in [-0.1, -0.05) is 19.9 Å². The Morgan fingerprint density at radius 2 is 2.08 bits per heavy atom. The molecule has 0 fully saturated rings. The van der Waals surface area contributed by atoms with Crippen molar-refractivity contribution in [2.75, 3.05) is 0 Å². The van der Waals surface area contributed by atoms with Gasteiger partial charge in [0.15, 0.2) is 0 Å². The lowest BCUT2D eigenvalue weighted by Gasteiger charge is -2.03. The van der Waals surface area contributed by atoms with E-state index in [4.69, 9.17) is 0 Å². The molecule has 13 heavy (non-hydrogen) atoms. The van der Waals surface area contributed by atoms with Crippen LogP contribution < -0.4 is 0 Å². The van der Waals surface area contributed by atoms with Gasteiger partial charge in [-0.3, -0.25) is 0 Å². The van der Waals surface area contributed by atoms with Crippen molar-refractivity contribution < 1.29 is 0 Å². The number of aryl methyl sites for hydroxylation is 1. The van der Waals surface area contributed by atoms with E-state index in [0.29, 0.717) is 5.25 Å². The fraction of sp³-hybridized carbons (Fsp3) is 0.455. The molecule has 72 valence electrons. The van der Waals surface area contributed by atoms with Gasteiger partial charge in [0, 0.05) is 15.0 Å². The van der Waals surface area contributed by atoms with E-state index in [9.17, 15) is 0 Å². The number of hydrogen-bond acceptors (Lipinski definition) is 2. The van der Waals surface area contributed by atoms with Gasteiger partial charge in [-0.2, -0.15) is 0 Å². The maximum absolute atomic E-state index is 2.25. The number of allylic oxidation sites excluding steroid dienone is 1. The molecule has 1 aromatic rings. The smallest absolute Gasteiger partial charge is 0.0467 e. The lowest BCUT2D eigenvalue weighted by molar-refractivity contribution is 1.02. The largest absolute Gasteiger partial charge is 0.145 e. The second-order valence-corrected chi connectivity index (χ2v) is 5.11. The van der Waals surface area contributed by atoms with Gasteiger partial charge in [0.25, 0.3) is 0 Å². The van der Waals surface area contributed by atoms with E-state index in [-0.39, 0.29) is 0 Å². The first kappa shape index (κ1) is 10.9. The van der Waals surface area contributed by atoms with E-state index < -0.39 is 0 Å². The van der Waals surface area contributed by atoms with E-state index in [1.807, 2.05) is 36.9 Å². The molecule has 0 radical (unpaired) electrons. The minimum atomic E-state index is 0.716. The van der Waals surface area contributed by atoms with Crippen molar-refractivity contribution in [2.45, 2.75) is 32.4 Å². The number of thioether (sulfide) groups is 1. The average Bonchev–Trinajstić information content (AvgIpc) is 2.77. The zero-order chi connectivity index (χ0) is 9.68. The molecule has 0 N–H and O–H groups in total. The normalized spacial score (nSPS) is 19.8. The predicted molar refractivity (Wildman–Crippen MR) is 64.5 cm³/mol. The Bertz CT molecular complexity index is 265. The van der Waals surface area contributed by atoms with E-state index in [2.05, 4.69) is 30.5 Å². The summed E-state index contributed by atoms with van der Waals surface area (Å²) in [7, 11) is 0. The highest BCUT2D eigenvalue weighted by Crippen LogP contribution is 2.40. The Labute approximate surface area is 89.1 Å². The summed E-state index contributed by atoms with van der Waals surface area (Å²) in [5, 5.41) is 2.92. The molecule has 1 atom stereocenters. The summed E-state index contributed by atoms with van der Waals surface area (Å²) >= 11 is 3.86. The monoisotopic (exact) mass is 212 g/mol. The molecule has 1 unspecified atom stereocenters. The Morgan fingerprint density at radius 1 is 1.31 bits per heavy atom. The van der Waals surface area contributed by atoms with Gasteiger partial charge in [0.1, 0.15) is 0 Å². The molecule has 1 aliphatic rings. The van der Waals surface area contributed by atoms with Crippen LogP contribution in [0.5, 0.6) is 0 Å². The van der Waals surface area contributed by atoms with Gasteiger partial charge in [-0.15, -0.1) is 23.1 Å². The van der Waals surface area contributed by atoms with Crippen molar-refractivity contribution in [3.05, 3.63) is 33.4 Å². The molecule has 1 aliphatic heterocycles. The van der Waals surface area contributed by atoms with Crippen LogP contribution >= 0.6 is 23.1 Å². The molecule has 2 rings (SSSR count). The van der Waals surface area contributed by atoms with Gasteiger partial charge < -0.3 is 0 Å². The van der Waals surface area contributed by atoms with Gasteiger partial charge in [0.2, 0.25) is 0 Å². The highest BCUT2D eigenvalue weighted by Gasteiger charge is 2.14. The fourth-order valence-corrected chi connectivity index (χ4v) is 3.22. The number of rotatable bonds is 1. The lowest BCUT2D eigenvalue weighted by Crippen LogP contribution is -1.81. The van der Waals surface area contributed by atoms with Crippen LogP contribution in [-0.2, 0) is 0 Å². The number of thiophene rings is 1.